The molecule has 136 valence electrons. The van der Waals surface area contributed by atoms with Crippen molar-refractivity contribution in [3.8, 4) is 6.07 Å². The number of nitriles is 1. The molecule has 2 atom stereocenters. The minimum atomic E-state index is -1.44. The third kappa shape index (κ3) is 2.94. The second-order valence-corrected chi connectivity index (χ2v) is 8.24. The standard InChI is InChI=1S/C21H17ClN2O2S/c1-13-5-7-15(8-6-13)21(26)12-27-20-18(11-23)17(10-19(25)24(20)21)14-3-2-4-16(22)9-14/h2-9,17,26H,10,12H2,1H3/t17-,21-/m1/s1. The number of rotatable bonds is 2. The van der Waals surface area contributed by atoms with E-state index >= 15 is 0 Å². The Kier molecular flexibility index (Phi) is 4.51. The Labute approximate surface area is 167 Å². The highest BCUT2D eigenvalue weighted by molar-refractivity contribution is 8.03. The zero-order valence-electron chi connectivity index (χ0n) is 14.6. The fraction of sp³-hybridized carbons (Fsp3) is 0.238. The first-order chi connectivity index (χ1) is 12.9. The maximum Gasteiger partial charge on any atom is 0.231 e. The molecular weight excluding hydrogens is 380 g/mol. The second kappa shape index (κ2) is 6.72. The van der Waals surface area contributed by atoms with E-state index in [2.05, 4.69) is 6.07 Å². The van der Waals surface area contributed by atoms with Crippen LogP contribution in [0.1, 0.15) is 29.0 Å². The first kappa shape index (κ1) is 18.1. The molecule has 0 aromatic heterocycles. The molecule has 1 amide bonds. The van der Waals surface area contributed by atoms with Crippen molar-refractivity contribution in [3.05, 3.63) is 80.8 Å². The van der Waals surface area contributed by atoms with Gasteiger partial charge in [0.15, 0.2) is 5.72 Å². The van der Waals surface area contributed by atoms with E-state index in [1.54, 1.807) is 12.1 Å². The lowest BCUT2D eigenvalue weighted by molar-refractivity contribution is -0.149. The van der Waals surface area contributed by atoms with Crippen molar-refractivity contribution >= 4 is 29.3 Å². The molecule has 2 heterocycles. The van der Waals surface area contributed by atoms with Crippen LogP contribution < -0.4 is 0 Å². The van der Waals surface area contributed by atoms with Crippen LogP contribution in [-0.2, 0) is 10.5 Å². The molecule has 0 radical (unpaired) electrons. The van der Waals surface area contributed by atoms with E-state index < -0.39 is 5.72 Å². The van der Waals surface area contributed by atoms with Crippen molar-refractivity contribution in [2.24, 2.45) is 0 Å². The van der Waals surface area contributed by atoms with Crippen LogP contribution in [0.2, 0.25) is 5.02 Å². The zero-order chi connectivity index (χ0) is 19.2. The van der Waals surface area contributed by atoms with E-state index in [-0.39, 0.29) is 18.2 Å². The number of thioether (sulfide) groups is 1. The lowest BCUT2D eigenvalue weighted by Gasteiger charge is -2.38. The summed E-state index contributed by atoms with van der Waals surface area (Å²) in [5, 5.41) is 22.3. The Balaban J connectivity index is 1.81. The number of hydrogen-bond acceptors (Lipinski definition) is 4. The minimum Gasteiger partial charge on any atom is -0.366 e. The number of nitrogens with zero attached hydrogens (tertiary/aromatic N) is 2. The topological polar surface area (TPSA) is 64.3 Å². The average molecular weight is 397 g/mol. The van der Waals surface area contributed by atoms with Gasteiger partial charge in [0, 0.05) is 22.9 Å². The Bertz CT molecular complexity index is 996. The van der Waals surface area contributed by atoms with Crippen LogP contribution in [0.25, 0.3) is 0 Å². The highest BCUT2D eigenvalue weighted by Gasteiger charge is 2.51. The van der Waals surface area contributed by atoms with Crippen LogP contribution in [0.4, 0.5) is 0 Å². The first-order valence-corrected chi connectivity index (χ1v) is 9.95. The van der Waals surface area contributed by atoms with Crippen molar-refractivity contribution in [1.82, 2.24) is 4.90 Å². The van der Waals surface area contributed by atoms with Gasteiger partial charge in [0.2, 0.25) is 5.91 Å². The van der Waals surface area contributed by atoms with Crippen LogP contribution in [0.3, 0.4) is 0 Å². The van der Waals surface area contributed by atoms with Gasteiger partial charge in [-0.3, -0.25) is 9.69 Å². The van der Waals surface area contributed by atoms with Crippen molar-refractivity contribution in [2.45, 2.75) is 25.0 Å². The number of carbonyl (C=O) groups is 1. The van der Waals surface area contributed by atoms with E-state index in [1.165, 1.54) is 16.7 Å². The smallest absolute Gasteiger partial charge is 0.231 e. The van der Waals surface area contributed by atoms with Gasteiger partial charge in [0.05, 0.1) is 22.4 Å². The van der Waals surface area contributed by atoms with Crippen molar-refractivity contribution < 1.29 is 9.90 Å². The number of aryl methyl sites for hydroxylation is 1. The molecule has 2 aromatic rings. The summed E-state index contributed by atoms with van der Waals surface area (Å²) in [7, 11) is 0. The number of halogens is 1. The Morgan fingerprint density at radius 1 is 1.30 bits per heavy atom. The quantitative estimate of drug-likeness (QED) is 0.822. The summed E-state index contributed by atoms with van der Waals surface area (Å²) in [6.07, 6.45) is 0.126. The maximum absolute atomic E-state index is 13.0. The number of carbonyl (C=O) groups excluding carboxylic acids is 1. The summed E-state index contributed by atoms with van der Waals surface area (Å²) in [5.41, 5.74) is 1.64. The third-order valence-electron chi connectivity index (χ3n) is 5.08. The van der Waals surface area contributed by atoms with Crippen LogP contribution in [0.15, 0.2) is 59.1 Å². The predicted octanol–water partition coefficient (Wildman–Crippen LogP) is 4.29. The first-order valence-electron chi connectivity index (χ1n) is 8.59. The van der Waals surface area contributed by atoms with Crippen molar-refractivity contribution in [3.63, 3.8) is 0 Å². The molecule has 0 spiro atoms. The molecule has 1 N–H and O–H groups in total. The molecule has 0 bridgehead atoms. The van der Waals surface area contributed by atoms with Crippen LogP contribution in [0, 0.1) is 18.3 Å². The summed E-state index contributed by atoms with van der Waals surface area (Å²) in [6, 6.07) is 17.0. The van der Waals surface area contributed by atoms with E-state index in [9.17, 15) is 15.2 Å². The van der Waals surface area contributed by atoms with Gasteiger partial charge in [-0.25, -0.2) is 0 Å². The SMILES string of the molecule is Cc1ccc([C@]2(O)CSC3=C(C#N)[C@@H](c4cccc(Cl)c4)CC(=O)N32)cc1. The highest BCUT2D eigenvalue weighted by atomic mass is 35.5. The van der Waals surface area contributed by atoms with Gasteiger partial charge in [-0.2, -0.15) is 5.26 Å². The predicted molar refractivity (Wildman–Crippen MR) is 106 cm³/mol. The number of benzene rings is 2. The zero-order valence-corrected chi connectivity index (χ0v) is 16.2. The molecule has 27 heavy (non-hydrogen) atoms. The fourth-order valence-electron chi connectivity index (χ4n) is 3.67. The van der Waals surface area contributed by atoms with Gasteiger partial charge in [0.25, 0.3) is 0 Å². The summed E-state index contributed by atoms with van der Waals surface area (Å²) < 4.78 is 0. The van der Waals surface area contributed by atoms with Crippen LogP contribution >= 0.6 is 23.4 Å². The van der Waals surface area contributed by atoms with Crippen molar-refractivity contribution in [1.29, 1.82) is 5.26 Å². The minimum absolute atomic E-state index is 0.126. The van der Waals surface area contributed by atoms with Gasteiger partial charge >= 0.3 is 0 Å². The van der Waals surface area contributed by atoms with Gasteiger partial charge in [-0.15, -0.1) is 11.8 Å². The maximum atomic E-state index is 13.0. The van der Waals surface area contributed by atoms with E-state index in [0.717, 1.165) is 11.1 Å². The molecular formula is C21H17ClN2O2S. The molecule has 0 unspecified atom stereocenters. The molecule has 4 rings (SSSR count). The van der Waals surface area contributed by atoms with Gasteiger partial charge in [-0.05, 0) is 24.6 Å². The highest BCUT2D eigenvalue weighted by Crippen LogP contribution is 2.51. The summed E-state index contributed by atoms with van der Waals surface area (Å²) in [5.74, 6) is -0.243. The monoisotopic (exact) mass is 396 g/mol. The third-order valence-corrected chi connectivity index (χ3v) is 6.53. The molecule has 0 saturated carbocycles. The van der Waals surface area contributed by atoms with Crippen LogP contribution in [0.5, 0.6) is 0 Å². The summed E-state index contributed by atoms with van der Waals surface area (Å²) in [6.45, 7) is 1.97. The molecule has 0 aliphatic carbocycles. The molecule has 2 aliphatic heterocycles. The molecule has 1 fully saturated rings. The number of amides is 1. The lowest BCUT2D eigenvalue weighted by atomic mass is 9.85. The number of fused-ring (bicyclic) bond motifs is 1. The Morgan fingerprint density at radius 3 is 2.70 bits per heavy atom. The number of allylic oxidation sites excluding steroid dienone is 1. The Hall–Kier alpha value is -2.26. The largest absolute Gasteiger partial charge is 0.366 e. The molecule has 2 aliphatic rings. The number of hydrogen-bond donors (Lipinski definition) is 1. The fourth-order valence-corrected chi connectivity index (χ4v) is 5.23. The van der Waals surface area contributed by atoms with E-state index in [1.807, 2.05) is 43.3 Å². The summed E-state index contributed by atoms with van der Waals surface area (Å²) >= 11 is 7.45. The van der Waals surface area contributed by atoms with Gasteiger partial charge in [-0.1, -0.05) is 53.6 Å². The van der Waals surface area contributed by atoms with Crippen LogP contribution in [-0.4, -0.2) is 21.7 Å². The van der Waals surface area contributed by atoms with E-state index in [4.69, 9.17) is 11.6 Å². The normalized spacial score (nSPS) is 24.7. The van der Waals surface area contributed by atoms with Crippen molar-refractivity contribution in [2.75, 3.05) is 5.75 Å². The molecule has 1 saturated heterocycles. The second-order valence-electron chi connectivity index (χ2n) is 6.84. The number of aliphatic hydroxyl groups is 1. The van der Waals surface area contributed by atoms with E-state index in [0.29, 0.717) is 26.9 Å². The molecule has 4 nitrogen and oxygen atoms in total. The van der Waals surface area contributed by atoms with Gasteiger partial charge < -0.3 is 5.11 Å². The molecule has 6 heteroatoms. The summed E-state index contributed by atoms with van der Waals surface area (Å²) in [4.78, 5) is 14.4. The Morgan fingerprint density at radius 2 is 2.04 bits per heavy atom. The average Bonchev–Trinajstić information content (AvgIpc) is 3.01. The lowest BCUT2D eigenvalue weighted by Crippen LogP contribution is -2.48. The van der Waals surface area contributed by atoms with Gasteiger partial charge in [0.1, 0.15) is 0 Å². The molecule has 2 aromatic carbocycles.